The topological polar surface area (TPSA) is 44.5 Å². The molecule has 0 heterocycles. The van der Waals surface area contributed by atoms with Gasteiger partial charge in [-0.3, -0.25) is 0 Å². The van der Waals surface area contributed by atoms with Gasteiger partial charge in [-0.25, -0.2) is 0 Å². The lowest BCUT2D eigenvalue weighted by Crippen LogP contribution is -2.18. The Hall–Kier alpha value is -2.00. The van der Waals surface area contributed by atoms with Crippen molar-refractivity contribution in [3.8, 4) is 11.5 Å². The highest BCUT2D eigenvalue weighted by Gasteiger charge is 2.11. The number of nitrogens with two attached hydrogens (primary N) is 1. The van der Waals surface area contributed by atoms with Crippen LogP contribution in [-0.4, -0.2) is 13.2 Å². The lowest BCUT2D eigenvalue weighted by Gasteiger charge is -2.18. The SMILES string of the molecule is CCOc1ccc(OC(CN)c2ccc(C)cc2)cc1. The van der Waals surface area contributed by atoms with Crippen LogP contribution >= 0.6 is 0 Å². The highest BCUT2D eigenvalue weighted by atomic mass is 16.5. The zero-order chi connectivity index (χ0) is 14.4. The van der Waals surface area contributed by atoms with Crippen LogP contribution in [0.5, 0.6) is 11.5 Å². The van der Waals surface area contributed by atoms with Gasteiger partial charge >= 0.3 is 0 Å². The van der Waals surface area contributed by atoms with Crippen molar-refractivity contribution in [1.29, 1.82) is 0 Å². The second-order valence-electron chi connectivity index (χ2n) is 4.66. The molecule has 0 aliphatic rings. The van der Waals surface area contributed by atoms with E-state index in [4.69, 9.17) is 15.2 Å². The van der Waals surface area contributed by atoms with E-state index in [9.17, 15) is 0 Å². The number of rotatable bonds is 6. The van der Waals surface area contributed by atoms with E-state index in [0.29, 0.717) is 13.2 Å². The summed E-state index contributed by atoms with van der Waals surface area (Å²) < 4.78 is 11.4. The lowest BCUT2D eigenvalue weighted by atomic mass is 10.1. The molecule has 0 saturated heterocycles. The minimum Gasteiger partial charge on any atom is -0.494 e. The quantitative estimate of drug-likeness (QED) is 0.875. The summed E-state index contributed by atoms with van der Waals surface area (Å²) in [7, 11) is 0. The monoisotopic (exact) mass is 271 g/mol. The number of hydrogen-bond acceptors (Lipinski definition) is 3. The summed E-state index contributed by atoms with van der Waals surface area (Å²) in [6.07, 6.45) is -0.131. The van der Waals surface area contributed by atoms with E-state index in [2.05, 4.69) is 31.2 Å². The van der Waals surface area contributed by atoms with Crippen LogP contribution in [0.1, 0.15) is 24.2 Å². The Kier molecular flexibility index (Phi) is 5.02. The number of aryl methyl sites for hydroxylation is 1. The molecule has 20 heavy (non-hydrogen) atoms. The van der Waals surface area contributed by atoms with Crippen molar-refractivity contribution in [3.63, 3.8) is 0 Å². The summed E-state index contributed by atoms with van der Waals surface area (Å²) >= 11 is 0. The van der Waals surface area contributed by atoms with Crippen LogP contribution in [-0.2, 0) is 0 Å². The van der Waals surface area contributed by atoms with Crippen LogP contribution in [0.2, 0.25) is 0 Å². The third-order valence-corrected chi connectivity index (χ3v) is 3.08. The molecular formula is C17H21NO2. The lowest BCUT2D eigenvalue weighted by molar-refractivity contribution is 0.214. The standard InChI is InChI=1S/C17H21NO2/c1-3-19-15-8-10-16(11-9-15)20-17(12-18)14-6-4-13(2)5-7-14/h4-11,17H,3,12,18H2,1-2H3. The predicted octanol–water partition coefficient (Wildman–Crippen LogP) is 3.47. The molecule has 2 N–H and O–H groups in total. The minimum absolute atomic E-state index is 0.131. The van der Waals surface area contributed by atoms with E-state index in [1.807, 2.05) is 31.2 Å². The molecule has 3 nitrogen and oxygen atoms in total. The molecule has 1 atom stereocenters. The van der Waals surface area contributed by atoms with E-state index >= 15 is 0 Å². The van der Waals surface area contributed by atoms with Crippen LogP contribution in [0.25, 0.3) is 0 Å². The van der Waals surface area contributed by atoms with Crippen molar-refractivity contribution >= 4 is 0 Å². The van der Waals surface area contributed by atoms with Crippen molar-refractivity contribution in [3.05, 3.63) is 59.7 Å². The molecule has 0 aromatic heterocycles. The first kappa shape index (κ1) is 14.4. The first-order valence-electron chi connectivity index (χ1n) is 6.89. The fraction of sp³-hybridized carbons (Fsp3) is 0.294. The van der Waals surface area contributed by atoms with E-state index in [1.165, 1.54) is 5.56 Å². The van der Waals surface area contributed by atoms with Crippen molar-refractivity contribution in [2.75, 3.05) is 13.2 Å². The molecule has 2 rings (SSSR count). The largest absolute Gasteiger partial charge is 0.494 e. The molecule has 0 amide bonds. The van der Waals surface area contributed by atoms with Gasteiger partial charge in [-0.2, -0.15) is 0 Å². The predicted molar refractivity (Wildman–Crippen MR) is 81.2 cm³/mol. The molecule has 2 aromatic rings. The number of hydrogen-bond donors (Lipinski definition) is 1. The molecule has 106 valence electrons. The Balaban J connectivity index is 2.07. The molecule has 0 spiro atoms. The van der Waals surface area contributed by atoms with Gasteiger partial charge in [-0.1, -0.05) is 29.8 Å². The van der Waals surface area contributed by atoms with Crippen LogP contribution in [0.3, 0.4) is 0 Å². The van der Waals surface area contributed by atoms with Crippen molar-refractivity contribution < 1.29 is 9.47 Å². The van der Waals surface area contributed by atoms with Gasteiger partial charge < -0.3 is 15.2 Å². The van der Waals surface area contributed by atoms with Crippen LogP contribution in [0.4, 0.5) is 0 Å². The van der Waals surface area contributed by atoms with Crippen molar-refractivity contribution in [2.24, 2.45) is 5.73 Å². The molecule has 2 aromatic carbocycles. The summed E-state index contributed by atoms with van der Waals surface area (Å²) in [5.41, 5.74) is 8.14. The Bertz CT molecular complexity index is 520. The van der Waals surface area contributed by atoms with Gasteiger partial charge in [-0.15, -0.1) is 0 Å². The van der Waals surface area contributed by atoms with Crippen LogP contribution in [0.15, 0.2) is 48.5 Å². The molecule has 0 aliphatic carbocycles. The normalized spacial score (nSPS) is 11.9. The second kappa shape index (κ2) is 6.96. The zero-order valence-corrected chi connectivity index (χ0v) is 12.0. The Morgan fingerprint density at radius 3 is 2.10 bits per heavy atom. The van der Waals surface area contributed by atoms with E-state index < -0.39 is 0 Å². The molecule has 1 unspecified atom stereocenters. The van der Waals surface area contributed by atoms with Crippen molar-refractivity contribution in [2.45, 2.75) is 20.0 Å². The molecule has 0 aliphatic heterocycles. The third kappa shape index (κ3) is 3.75. The summed E-state index contributed by atoms with van der Waals surface area (Å²) in [6, 6.07) is 15.9. The van der Waals surface area contributed by atoms with E-state index in [-0.39, 0.29) is 6.10 Å². The first-order chi connectivity index (χ1) is 9.72. The molecular weight excluding hydrogens is 250 g/mol. The highest BCUT2D eigenvalue weighted by molar-refractivity contribution is 5.32. The smallest absolute Gasteiger partial charge is 0.136 e. The Morgan fingerprint density at radius 1 is 0.950 bits per heavy atom. The third-order valence-electron chi connectivity index (χ3n) is 3.08. The van der Waals surface area contributed by atoms with Crippen LogP contribution in [0, 0.1) is 6.92 Å². The minimum atomic E-state index is -0.131. The Morgan fingerprint density at radius 2 is 1.55 bits per heavy atom. The summed E-state index contributed by atoms with van der Waals surface area (Å²) in [5, 5.41) is 0. The molecule has 0 fully saturated rings. The molecule has 0 radical (unpaired) electrons. The molecule has 0 bridgehead atoms. The number of ether oxygens (including phenoxy) is 2. The Labute approximate surface area is 120 Å². The maximum Gasteiger partial charge on any atom is 0.136 e. The van der Waals surface area contributed by atoms with Gasteiger partial charge in [0.05, 0.1) is 6.61 Å². The fourth-order valence-electron chi connectivity index (χ4n) is 1.98. The first-order valence-corrected chi connectivity index (χ1v) is 6.89. The maximum absolute atomic E-state index is 5.94. The van der Waals surface area contributed by atoms with Gasteiger partial charge in [0.25, 0.3) is 0 Å². The van der Waals surface area contributed by atoms with Gasteiger partial charge in [0.15, 0.2) is 0 Å². The fourth-order valence-corrected chi connectivity index (χ4v) is 1.98. The van der Waals surface area contributed by atoms with E-state index in [0.717, 1.165) is 17.1 Å². The maximum atomic E-state index is 5.94. The summed E-state index contributed by atoms with van der Waals surface area (Å²) in [5.74, 6) is 1.64. The second-order valence-corrected chi connectivity index (χ2v) is 4.66. The average molecular weight is 271 g/mol. The number of benzene rings is 2. The molecule has 0 saturated carbocycles. The van der Waals surface area contributed by atoms with E-state index in [1.54, 1.807) is 0 Å². The summed E-state index contributed by atoms with van der Waals surface area (Å²) in [4.78, 5) is 0. The van der Waals surface area contributed by atoms with Crippen LogP contribution < -0.4 is 15.2 Å². The van der Waals surface area contributed by atoms with Gasteiger partial charge in [-0.05, 0) is 43.7 Å². The van der Waals surface area contributed by atoms with Gasteiger partial charge in [0.2, 0.25) is 0 Å². The summed E-state index contributed by atoms with van der Waals surface area (Å²) in [6.45, 7) is 5.13. The zero-order valence-electron chi connectivity index (χ0n) is 12.0. The highest BCUT2D eigenvalue weighted by Crippen LogP contribution is 2.24. The van der Waals surface area contributed by atoms with Crippen molar-refractivity contribution in [1.82, 2.24) is 0 Å². The average Bonchev–Trinajstić information content (AvgIpc) is 2.48. The van der Waals surface area contributed by atoms with Gasteiger partial charge in [0, 0.05) is 6.54 Å². The van der Waals surface area contributed by atoms with Gasteiger partial charge in [0.1, 0.15) is 17.6 Å². The molecule has 3 heteroatoms.